The zero-order chi connectivity index (χ0) is 17.0. The predicted octanol–water partition coefficient (Wildman–Crippen LogP) is 2.65. The molecule has 1 amide bonds. The van der Waals surface area contributed by atoms with Crippen molar-refractivity contribution in [2.45, 2.75) is 12.1 Å². The average Bonchev–Trinajstić information content (AvgIpc) is 2.86. The van der Waals surface area contributed by atoms with Crippen LogP contribution in [-0.2, 0) is 4.79 Å². The summed E-state index contributed by atoms with van der Waals surface area (Å²) < 4.78 is 1.46. The maximum absolute atomic E-state index is 11.9. The fourth-order valence-electron chi connectivity index (χ4n) is 1.70. The molecule has 1 aromatic carbocycles. The van der Waals surface area contributed by atoms with Crippen molar-refractivity contribution in [2.24, 2.45) is 0 Å². The second-order valence-corrected chi connectivity index (χ2v) is 5.53. The maximum Gasteiger partial charge on any atom is 0.288 e. The molecule has 0 aliphatic heterocycles. The highest BCUT2D eigenvalue weighted by molar-refractivity contribution is 7.98. The van der Waals surface area contributed by atoms with Crippen LogP contribution in [0.4, 0.5) is 5.69 Å². The number of benzene rings is 1. The molecule has 0 aliphatic rings. The number of halogens is 1. The van der Waals surface area contributed by atoms with Crippen molar-refractivity contribution in [2.75, 3.05) is 11.7 Å². The topological polar surface area (TPSA) is 103 Å². The number of hydrogen-bond acceptors (Lipinski definition) is 6. The lowest BCUT2D eigenvalue weighted by Gasteiger charge is -2.06. The summed E-state index contributed by atoms with van der Waals surface area (Å²) in [6.45, 7) is 1.71. The number of aromatic nitrogens is 3. The van der Waals surface area contributed by atoms with Gasteiger partial charge >= 0.3 is 0 Å². The standard InChI is InChI=1S/C13H12ClN5O3S/c1-8-15-16-13(23-2)18(8)17-12(20)6-4-9-3-5-10(14)11(7-9)19(21)22/h3-7H,1-2H3,(H,17,20). The van der Waals surface area contributed by atoms with Crippen molar-refractivity contribution in [3.05, 3.63) is 50.8 Å². The first-order valence-electron chi connectivity index (χ1n) is 6.31. The van der Waals surface area contributed by atoms with E-state index in [0.29, 0.717) is 16.5 Å². The third kappa shape index (κ3) is 4.08. The minimum absolute atomic E-state index is 0.0429. The SMILES string of the molecule is CSc1nnc(C)n1NC(=O)C=Cc1ccc(Cl)c([N+](=O)[O-])c1. The number of carbonyl (C=O) groups excluding carboxylic acids is 1. The van der Waals surface area contributed by atoms with Crippen LogP contribution in [0.1, 0.15) is 11.4 Å². The summed E-state index contributed by atoms with van der Waals surface area (Å²) in [6.07, 6.45) is 4.53. The zero-order valence-electron chi connectivity index (χ0n) is 12.2. The number of nitro groups is 1. The third-order valence-corrected chi connectivity index (χ3v) is 3.74. The number of aryl methyl sites for hydroxylation is 1. The van der Waals surface area contributed by atoms with Crippen LogP contribution >= 0.6 is 23.4 Å². The van der Waals surface area contributed by atoms with Crippen molar-refractivity contribution >= 4 is 41.0 Å². The van der Waals surface area contributed by atoms with Gasteiger partial charge in [0.25, 0.3) is 11.6 Å². The summed E-state index contributed by atoms with van der Waals surface area (Å²) >= 11 is 7.08. The molecular formula is C13H12ClN5O3S. The number of amides is 1. The van der Waals surface area contributed by atoms with Gasteiger partial charge in [0.1, 0.15) is 10.8 Å². The van der Waals surface area contributed by atoms with Crippen molar-refractivity contribution in [1.29, 1.82) is 0 Å². The number of nitro benzene ring substituents is 1. The van der Waals surface area contributed by atoms with Crippen LogP contribution < -0.4 is 5.43 Å². The van der Waals surface area contributed by atoms with Crippen molar-refractivity contribution < 1.29 is 9.72 Å². The van der Waals surface area contributed by atoms with Gasteiger partial charge in [-0.05, 0) is 30.9 Å². The van der Waals surface area contributed by atoms with E-state index < -0.39 is 10.8 Å². The van der Waals surface area contributed by atoms with Crippen LogP contribution in [0.15, 0.2) is 29.4 Å². The molecule has 0 spiro atoms. The Balaban J connectivity index is 2.14. The van der Waals surface area contributed by atoms with Gasteiger partial charge < -0.3 is 0 Å². The fraction of sp³-hybridized carbons (Fsp3) is 0.154. The molecule has 8 nitrogen and oxygen atoms in total. The smallest absolute Gasteiger partial charge is 0.268 e. The van der Waals surface area contributed by atoms with Gasteiger partial charge in [-0.2, -0.15) is 0 Å². The molecule has 120 valence electrons. The highest BCUT2D eigenvalue weighted by Crippen LogP contribution is 2.25. The maximum atomic E-state index is 11.9. The number of nitrogens with one attached hydrogen (secondary N) is 1. The molecule has 10 heteroatoms. The van der Waals surface area contributed by atoms with Crippen LogP contribution in [0.2, 0.25) is 5.02 Å². The molecular weight excluding hydrogens is 342 g/mol. The lowest BCUT2D eigenvalue weighted by molar-refractivity contribution is -0.384. The first kappa shape index (κ1) is 17.0. The summed E-state index contributed by atoms with van der Waals surface area (Å²) in [5, 5.41) is 19.2. The lowest BCUT2D eigenvalue weighted by atomic mass is 10.2. The van der Waals surface area contributed by atoms with E-state index in [2.05, 4.69) is 15.6 Å². The molecule has 1 aromatic heterocycles. The molecule has 0 atom stereocenters. The summed E-state index contributed by atoms with van der Waals surface area (Å²) in [5.74, 6) is 0.124. The number of carbonyl (C=O) groups is 1. The molecule has 1 heterocycles. The van der Waals surface area contributed by atoms with Crippen LogP contribution in [0.5, 0.6) is 0 Å². The van der Waals surface area contributed by atoms with Gasteiger partial charge in [0.2, 0.25) is 5.16 Å². The molecule has 0 saturated heterocycles. The first-order valence-corrected chi connectivity index (χ1v) is 7.91. The van der Waals surface area contributed by atoms with E-state index in [-0.39, 0.29) is 10.7 Å². The average molecular weight is 354 g/mol. The van der Waals surface area contributed by atoms with Gasteiger partial charge in [-0.3, -0.25) is 20.3 Å². The largest absolute Gasteiger partial charge is 0.288 e. The van der Waals surface area contributed by atoms with Crippen LogP contribution in [0.25, 0.3) is 6.08 Å². The van der Waals surface area contributed by atoms with Gasteiger partial charge in [-0.15, -0.1) is 10.2 Å². The van der Waals surface area contributed by atoms with E-state index in [1.807, 2.05) is 6.26 Å². The van der Waals surface area contributed by atoms with E-state index in [0.717, 1.165) is 0 Å². The highest BCUT2D eigenvalue weighted by Gasteiger charge is 2.12. The fourth-order valence-corrected chi connectivity index (χ4v) is 2.37. The monoisotopic (exact) mass is 353 g/mol. The summed E-state index contributed by atoms with van der Waals surface area (Å²) in [6, 6.07) is 4.28. The lowest BCUT2D eigenvalue weighted by Crippen LogP contribution is -2.22. The zero-order valence-corrected chi connectivity index (χ0v) is 13.8. The van der Waals surface area contributed by atoms with Gasteiger partial charge in [0.05, 0.1) is 4.92 Å². The molecule has 0 saturated carbocycles. The highest BCUT2D eigenvalue weighted by atomic mass is 35.5. The minimum Gasteiger partial charge on any atom is -0.268 e. The Labute approximate surface area is 140 Å². The van der Waals surface area contributed by atoms with Crippen molar-refractivity contribution in [3.63, 3.8) is 0 Å². The molecule has 2 aromatic rings. The van der Waals surface area contributed by atoms with Gasteiger partial charge in [-0.1, -0.05) is 29.4 Å². The Kier molecular flexibility index (Phi) is 5.35. The summed E-state index contributed by atoms with van der Waals surface area (Å²) in [5.41, 5.74) is 2.89. The Bertz CT molecular complexity index is 790. The predicted molar refractivity (Wildman–Crippen MR) is 88.0 cm³/mol. The first-order chi connectivity index (χ1) is 10.9. The second-order valence-electron chi connectivity index (χ2n) is 4.35. The Hall–Kier alpha value is -2.39. The Morgan fingerprint density at radius 1 is 1.48 bits per heavy atom. The van der Waals surface area contributed by atoms with Crippen LogP contribution in [-0.4, -0.2) is 32.0 Å². The van der Waals surface area contributed by atoms with Crippen molar-refractivity contribution in [3.8, 4) is 0 Å². The summed E-state index contributed by atoms with van der Waals surface area (Å²) in [4.78, 5) is 22.2. The van der Waals surface area contributed by atoms with E-state index >= 15 is 0 Å². The molecule has 2 rings (SSSR count). The Morgan fingerprint density at radius 3 is 2.87 bits per heavy atom. The van der Waals surface area contributed by atoms with Crippen molar-refractivity contribution in [1.82, 2.24) is 14.9 Å². The molecule has 0 fully saturated rings. The number of hydrogen-bond donors (Lipinski definition) is 1. The third-order valence-electron chi connectivity index (χ3n) is 2.79. The number of thioether (sulfide) groups is 1. The quantitative estimate of drug-likeness (QED) is 0.383. The van der Waals surface area contributed by atoms with E-state index in [9.17, 15) is 14.9 Å². The molecule has 0 unspecified atom stereocenters. The van der Waals surface area contributed by atoms with Crippen LogP contribution in [0, 0.1) is 17.0 Å². The molecule has 0 bridgehead atoms. The van der Waals surface area contributed by atoms with E-state index in [1.54, 1.807) is 13.0 Å². The van der Waals surface area contributed by atoms with E-state index in [1.165, 1.54) is 40.7 Å². The minimum atomic E-state index is -0.578. The molecule has 23 heavy (non-hydrogen) atoms. The summed E-state index contributed by atoms with van der Waals surface area (Å²) in [7, 11) is 0. The Morgan fingerprint density at radius 2 is 2.22 bits per heavy atom. The number of nitrogens with zero attached hydrogens (tertiary/aromatic N) is 4. The second kappa shape index (κ2) is 7.25. The van der Waals surface area contributed by atoms with Gasteiger partial charge in [0.15, 0.2) is 0 Å². The van der Waals surface area contributed by atoms with Crippen LogP contribution in [0.3, 0.4) is 0 Å². The molecule has 0 aliphatic carbocycles. The molecule has 0 radical (unpaired) electrons. The number of rotatable bonds is 5. The molecule has 1 N–H and O–H groups in total. The van der Waals surface area contributed by atoms with E-state index in [4.69, 9.17) is 11.6 Å². The van der Waals surface area contributed by atoms with Gasteiger partial charge in [0, 0.05) is 12.1 Å². The normalized spacial score (nSPS) is 10.9. The van der Waals surface area contributed by atoms with Gasteiger partial charge in [-0.25, -0.2) is 4.68 Å².